The number of aliphatic hydroxyl groups is 1. The van der Waals surface area contributed by atoms with E-state index in [1.807, 2.05) is 27.7 Å². The van der Waals surface area contributed by atoms with Crippen LogP contribution in [0.25, 0.3) is 11.1 Å². The fourth-order valence-electron chi connectivity index (χ4n) is 4.38. The van der Waals surface area contributed by atoms with Crippen LogP contribution in [0.1, 0.15) is 51.7 Å². The van der Waals surface area contributed by atoms with E-state index >= 15 is 0 Å². The first-order chi connectivity index (χ1) is 21.6. The van der Waals surface area contributed by atoms with Gasteiger partial charge in [-0.1, -0.05) is 69.6 Å². The number of nitrogens with one attached hydrogen (secondary N) is 2. The van der Waals surface area contributed by atoms with Crippen molar-refractivity contribution in [3.63, 3.8) is 0 Å². The Labute approximate surface area is 318 Å². The smallest absolute Gasteiger partial charge is 0.357 e. The van der Waals surface area contributed by atoms with Crippen LogP contribution in [0.15, 0.2) is 35.8 Å². The number of benzene rings is 2. The number of ether oxygens (including phenoxy) is 3. The Hall–Kier alpha value is -1.73. The van der Waals surface area contributed by atoms with Crippen LogP contribution in [-0.2, 0) is 23.8 Å². The molecule has 2 aliphatic rings. The zero-order valence-electron chi connectivity index (χ0n) is 25.7. The summed E-state index contributed by atoms with van der Waals surface area (Å²) in [6.45, 7) is 7.38. The number of methoxy groups -OCH3 is 2. The van der Waals surface area contributed by atoms with Crippen molar-refractivity contribution >= 4 is 138 Å². The minimum atomic E-state index is -0.509. The van der Waals surface area contributed by atoms with Crippen molar-refractivity contribution in [2.24, 2.45) is 0 Å². The second kappa shape index (κ2) is 17.3. The molecule has 0 aliphatic carbocycles. The molecule has 0 atom stereocenters. The van der Waals surface area contributed by atoms with Gasteiger partial charge < -0.3 is 30.0 Å². The third kappa shape index (κ3) is 11.7. The zero-order valence-corrected chi connectivity index (χ0v) is 32.6. The normalized spacial score (nSPS) is 16.4. The molecule has 3 N–H and O–H groups in total. The Morgan fingerprint density at radius 3 is 1.45 bits per heavy atom. The Morgan fingerprint density at radius 2 is 1.09 bits per heavy atom. The highest BCUT2D eigenvalue weighted by atomic mass is 35.5. The third-order valence-electron chi connectivity index (χ3n) is 6.18. The maximum atomic E-state index is 12.6. The van der Waals surface area contributed by atoms with Gasteiger partial charge in [0.15, 0.2) is 0 Å². The van der Waals surface area contributed by atoms with Crippen LogP contribution in [0.5, 0.6) is 0 Å². The summed E-state index contributed by atoms with van der Waals surface area (Å²) in [6.07, 6.45) is 0.705. The summed E-state index contributed by atoms with van der Waals surface area (Å²) in [4.78, 5) is 24.7. The van der Waals surface area contributed by atoms with E-state index < -0.39 is 17.0 Å². The van der Waals surface area contributed by atoms with Gasteiger partial charge in [-0.25, -0.2) is 0 Å². The lowest BCUT2D eigenvalue weighted by atomic mass is 9.89. The molecule has 0 unspecified atom stereocenters. The van der Waals surface area contributed by atoms with Gasteiger partial charge in [-0.2, -0.15) is 0 Å². The molecule has 2 aliphatic heterocycles. The molecule has 0 saturated carbocycles. The van der Waals surface area contributed by atoms with Gasteiger partial charge >= 0.3 is 5.24 Å². The molecule has 4 rings (SSSR count). The van der Waals surface area contributed by atoms with Gasteiger partial charge in [0.05, 0.1) is 45.5 Å². The minimum absolute atomic E-state index is 0.0279. The number of aliphatic hydroxyl groups excluding tert-OH is 1. The predicted octanol–water partition coefficient (Wildman–Crippen LogP) is 9.98. The van der Waals surface area contributed by atoms with Gasteiger partial charge in [0.2, 0.25) is 0 Å². The Balaban J connectivity index is 0.000000290. The van der Waals surface area contributed by atoms with Crippen molar-refractivity contribution in [2.45, 2.75) is 51.6 Å². The SMILES string of the molecule is CC1(C)CC(O)=C(c2c(Cl)cc(Cl)cc2Cl)C(=O)N1.COC(=S)Cl.COC(=S)OC1=C(c2c(Cl)cc(Cl)cc2Cl)C(=O)NC(C)(C)C1. The first kappa shape index (κ1) is 41.4. The molecule has 2 aromatic rings. The van der Waals surface area contributed by atoms with Crippen LogP contribution in [0.3, 0.4) is 0 Å². The average Bonchev–Trinajstić information content (AvgIpc) is 2.90. The highest BCUT2D eigenvalue weighted by molar-refractivity contribution is 7.82. The number of thiocarbonyl (C=S) groups is 2. The molecule has 0 fully saturated rings. The number of rotatable bonds is 3. The molecular formula is C30H29Cl7N2O6S2. The lowest BCUT2D eigenvalue weighted by molar-refractivity contribution is -0.118. The van der Waals surface area contributed by atoms with E-state index in [9.17, 15) is 14.7 Å². The molecular weight excluding hydrogens is 797 g/mol. The Morgan fingerprint density at radius 1 is 0.723 bits per heavy atom. The van der Waals surface area contributed by atoms with Crippen molar-refractivity contribution in [3.05, 3.63) is 77.0 Å². The number of amides is 2. The Bertz CT molecular complexity index is 1610. The number of hydrogen-bond acceptors (Lipinski definition) is 8. The molecule has 47 heavy (non-hydrogen) atoms. The molecule has 8 nitrogen and oxygen atoms in total. The van der Waals surface area contributed by atoms with Gasteiger partial charge in [-0.05, 0) is 75.8 Å². The maximum Gasteiger partial charge on any atom is 0.357 e. The minimum Gasteiger partial charge on any atom is -0.511 e. The number of carbonyl (C=O) groups is 2. The van der Waals surface area contributed by atoms with Crippen LogP contribution in [0.4, 0.5) is 0 Å². The lowest BCUT2D eigenvalue weighted by Crippen LogP contribution is -2.48. The van der Waals surface area contributed by atoms with E-state index in [0.717, 1.165) is 0 Å². The molecule has 256 valence electrons. The largest absolute Gasteiger partial charge is 0.511 e. The van der Waals surface area contributed by atoms with E-state index in [0.29, 0.717) is 39.8 Å². The van der Waals surface area contributed by atoms with E-state index in [2.05, 4.69) is 27.6 Å². The maximum absolute atomic E-state index is 12.6. The van der Waals surface area contributed by atoms with E-state index in [4.69, 9.17) is 103 Å². The standard InChI is InChI=1S/C15H14Cl3NO3S.C13H12Cl3NO2.C2H3ClOS/c1-15(2)6-10(22-14(23)21-3)12(13(20)19-15)11-8(17)4-7(16)5-9(11)18;1-13(2)5-9(18)11(12(19)17-13)10-7(15)3-6(14)4-8(10)16;1-4-2(3)5/h4-5H,6H2,1-3H3,(H,19,20);3-4,18H,5H2,1-2H3,(H,17,19);1H3. The van der Waals surface area contributed by atoms with Crippen molar-refractivity contribution in [1.29, 1.82) is 0 Å². The summed E-state index contributed by atoms with van der Waals surface area (Å²) in [7, 11) is 2.81. The summed E-state index contributed by atoms with van der Waals surface area (Å²) in [6, 6.07) is 5.99. The monoisotopic (exact) mass is 822 g/mol. The molecule has 2 heterocycles. The van der Waals surface area contributed by atoms with Crippen molar-refractivity contribution in [1.82, 2.24) is 10.6 Å². The summed E-state index contributed by atoms with van der Waals surface area (Å²) in [5, 5.41) is 17.4. The van der Waals surface area contributed by atoms with E-state index in [1.165, 1.54) is 38.5 Å². The van der Waals surface area contributed by atoms with Gasteiger partial charge in [0, 0.05) is 57.3 Å². The molecule has 0 bridgehead atoms. The summed E-state index contributed by atoms with van der Waals surface area (Å²) < 4.78 is 14.7. The molecule has 0 aromatic heterocycles. The highest BCUT2D eigenvalue weighted by Gasteiger charge is 2.37. The number of halogens is 7. The second-order valence-electron chi connectivity index (χ2n) is 11.1. The van der Waals surface area contributed by atoms with E-state index in [-0.39, 0.29) is 52.6 Å². The van der Waals surface area contributed by atoms with Gasteiger partial charge in [0.25, 0.3) is 16.3 Å². The lowest BCUT2D eigenvalue weighted by Gasteiger charge is -2.33. The quantitative estimate of drug-likeness (QED) is 0.208. The van der Waals surface area contributed by atoms with Crippen molar-refractivity contribution in [3.8, 4) is 0 Å². The highest BCUT2D eigenvalue weighted by Crippen LogP contribution is 2.41. The first-order valence-electron chi connectivity index (χ1n) is 13.2. The zero-order chi connectivity index (χ0) is 36.0. The molecule has 0 radical (unpaired) electrons. The molecule has 2 aromatic carbocycles. The summed E-state index contributed by atoms with van der Waals surface area (Å²) >= 11 is 50.5. The van der Waals surface area contributed by atoms with Gasteiger partial charge in [-0.15, -0.1) is 0 Å². The van der Waals surface area contributed by atoms with Crippen molar-refractivity contribution in [2.75, 3.05) is 14.2 Å². The molecule has 0 saturated heterocycles. The predicted molar refractivity (Wildman–Crippen MR) is 199 cm³/mol. The molecule has 0 spiro atoms. The second-order valence-corrected chi connectivity index (χ2v) is 14.9. The van der Waals surface area contributed by atoms with Crippen molar-refractivity contribution < 1.29 is 28.9 Å². The Kier molecular flexibility index (Phi) is 15.2. The van der Waals surface area contributed by atoms with Crippen LogP contribution in [0.2, 0.25) is 30.1 Å². The molecule has 2 amide bonds. The van der Waals surface area contributed by atoms with Crippen LogP contribution in [-0.4, -0.2) is 52.0 Å². The fourth-order valence-corrected chi connectivity index (χ4v) is 6.50. The van der Waals surface area contributed by atoms with Crippen LogP contribution < -0.4 is 10.6 Å². The first-order valence-corrected chi connectivity index (χ1v) is 16.7. The third-order valence-corrected chi connectivity index (χ3v) is 8.38. The van der Waals surface area contributed by atoms with Gasteiger partial charge in [-0.3, -0.25) is 9.59 Å². The van der Waals surface area contributed by atoms with E-state index in [1.54, 1.807) is 0 Å². The number of hydrogen-bond donors (Lipinski definition) is 3. The summed E-state index contributed by atoms with van der Waals surface area (Å²) in [5.74, 6) is -0.447. The molecule has 17 heteroatoms. The topological polar surface area (TPSA) is 106 Å². The van der Waals surface area contributed by atoms with Crippen LogP contribution in [0, 0.1) is 0 Å². The average molecular weight is 826 g/mol. The van der Waals surface area contributed by atoms with Crippen LogP contribution >= 0.6 is 106 Å². The number of carbonyl (C=O) groups excluding carboxylic acids is 2. The fraction of sp³-hybridized carbons (Fsp3) is 0.333. The summed E-state index contributed by atoms with van der Waals surface area (Å²) in [5.41, 5.74) is -0.0417. The van der Waals surface area contributed by atoms with Gasteiger partial charge in [0.1, 0.15) is 11.5 Å².